The molecule has 2 aliphatic heterocycles. The summed E-state index contributed by atoms with van der Waals surface area (Å²) in [5, 5.41) is 0. The Labute approximate surface area is 352 Å². The van der Waals surface area contributed by atoms with Crippen LogP contribution in [-0.4, -0.2) is 6.71 Å². The molecule has 0 amide bonds. The molecule has 9 aromatic carbocycles. The van der Waals surface area contributed by atoms with Crippen LogP contribution in [0.15, 0.2) is 208 Å². The topological polar surface area (TPSA) is 0 Å². The van der Waals surface area contributed by atoms with Gasteiger partial charge in [-0.1, -0.05) is 210 Å². The van der Waals surface area contributed by atoms with Crippen LogP contribution in [-0.2, 0) is 10.8 Å². The van der Waals surface area contributed by atoms with Crippen molar-refractivity contribution in [2.45, 2.75) is 30.4 Å². The molecule has 0 bridgehead atoms. The van der Waals surface area contributed by atoms with E-state index in [-0.39, 0.29) is 17.5 Å². The van der Waals surface area contributed by atoms with Crippen LogP contribution in [0.2, 0.25) is 0 Å². The first-order valence-corrected chi connectivity index (χ1v) is 22.3. The van der Waals surface area contributed by atoms with Crippen LogP contribution >= 0.6 is 23.5 Å². The molecule has 3 heteroatoms. The van der Waals surface area contributed by atoms with Gasteiger partial charge < -0.3 is 0 Å². The number of benzene rings is 9. The van der Waals surface area contributed by atoms with Crippen molar-refractivity contribution in [2.24, 2.45) is 0 Å². The highest BCUT2D eigenvalue weighted by molar-refractivity contribution is 8.01. The normalized spacial score (nSPS) is 15.9. The molecular weight excluding hydrogens is 748 g/mol. The lowest BCUT2D eigenvalue weighted by atomic mass is 9.36. The van der Waals surface area contributed by atoms with E-state index in [2.05, 4.69) is 188 Å². The Morgan fingerprint density at radius 3 is 0.983 bits per heavy atom. The lowest BCUT2D eigenvalue weighted by molar-refractivity contribution is 0.792. The third-order valence-electron chi connectivity index (χ3n) is 14.7. The van der Waals surface area contributed by atoms with Gasteiger partial charge in [0.1, 0.15) is 0 Å². The van der Waals surface area contributed by atoms with Crippen LogP contribution in [0.1, 0.15) is 44.5 Å². The first-order valence-electron chi connectivity index (χ1n) is 20.7. The molecule has 270 valence electrons. The predicted molar refractivity (Wildman–Crippen MR) is 245 cm³/mol. The Hall–Kier alpha value is -6.26. The van der Waals surface area contributed by atoms with Gasteiger partial charge in [-0.25, -0.2) is 0 Å². The SMILES string of the molecule is c1cc2c3c(c1)Sc1c(ccc4c1-c1ccccc1C41c4ccccc4-c4ccccc41)B3c1ccc3c(c1S2)-c1ccccc1C31c2ccccc2-c2ccccc21. The minimum atomic E-state index is -0.357. The summed E-state index contributed by atoms with van der Waals surface area (Å²) in [6.07, 6.45) is 0. The fraction of sp³-hybridized carbons (Fsp3) is 0.0357. The van der Waals surface area contributed by atoms with E-state index in [0.29, 0.717) is 0 Å². The Morgan fingerprint density at radius 2 is 0.610 bits per heavy atom. The lowest BCUT2D eigenvalue weighted by Crippen LogP contribution is -2.58. The predicted octanol–water partition coefficient (Wildman–Crippen LogP) is 11.8. The van der Waals surface area contributed by atoms with Gasteiger partial charge in [0.25, 0.3) is 0 Å². The monoisotopic (exact) mass is 778 g/mol. The van der Waals surface area contributed by atoms with Crippen LogP contribution in [0, 0.1) is 0 Å². The molecule has 9 aromatic rings. The van der Waals surface area contributed by atoms with E-state index in [9.17, 15) is 0 Å². The van der Waals surface area contributed by atoms with E-state index in [1.165, 1.54) is 125 Å². The maximum atomic E-state index is 2.52. The molecule has 0 nitrogen and oxygen atoms in total. The fourth-order valence-electron chi connectivity index (χ4n) is 12.7. The van der Waals surface area contributed by atoms with E-state index in [1.54, 1.807) is 0 Å². The van der Waals surface area contributed by atoms with Gasteiger partial charge in [0.2, 0.25) is 6.71 Å². The van der Waals surface area contributed by atoms with Crippen LogP contribution < -0.4 is 16.4 Å². The molecule has 0 fully saturated rings. The van der Waals surface area contributed by atoms with Crippen molar-refractivity contribution < 1.29 is 0 Å². The summed E-state index contributed by atoms with van der Waals surface area (Å²) in [4.78, 5) is 5.59. The van der Waals surface area contributed by atoms with E-state index in [1.807, 2.05) is 23.5 Å². The second-order valence-electron chi connectivity index (χ2n) is 16.9. The average Bonchev–Trinajstić information content (AvgIpc) is 3.98. The molecule has 0 unspecified atom stereocenters. The van der Waals surface area contributed by atoms with Gasteiger partial charge in [0, 0.05) is 30.7 Å². The highest BCUT2D eigenvalue weighted by Crippen LogP contribution is 2.66. The maximum absolute atomic E-state index is 2.52. The van der Waals surface area contributed by atoms with E-state index < -0.39 is 0 Å². The first-order chi connectivity index (χ1) is 29.3. The van der Waals surface area contributed by atoms with Gasteiger partial charge in [-0.3, -0.25) is 0 Å². The zero-order valence-electron chi connectivity index (χ0n) is 31.8. The van der Waals surface area contributed by atoms with Crippen LogP contribution in [0.4, 0.5) is 0 Å². The first kappa shape index (κ1) is 31.7. The zero-order chi connectivity index (χ0) is 38.2. The molecule has 0 atom stereocenters. The fourth-order valence-corrected chi connectivity index (χ4v) is 15.4. The molecule has 4 aliphatic carbocycles. The highest BCUT2D eigenvalue weighted by Gasteiger charge is 2.55. The van der Waals surface area contributed by atoms with E-state index in [0.717, 1.165) is 0 Å². The second kappa shape index (κ2) is 10.9. The third-order valence-corrected chi connectivity index (χ3v) is 17.1. The molecule has 0 aromatic heterocycles. The smallest absolute Gasteiger partial charge is 0.0905 e. The van der Waals surface area contributed by atoms with Gasteiger partial charge >= 0.3 is 0 Å². The average molecular weight is 779 g/mol. The van der Waals surface area contributed by atoms with Crippen molar-refractivity contribution in [2.75, 3.05) is 0 Å². The molecule has 0 radical (unpaired) electrons. The second-order valence-corrected chi connectivity index (χ2v) is 19.0. The standard InChI is InChI=1S/C56H31BS2/c1-7-20-38-32(14-1)33-15-2-8-21-39(33)55(38)42-24-11-5-18-36(42)50-44(55)28-30-46-53(50)58-48-26-13-27-49-52(48)57(46)47-31-29-45-51(54(47)59-49)37-19-6-12-25-43(37)56(45)40-22-9-3-16-34(40)35-17-4-10-23-41(35)56/h1-31H. The van der Waals surface area contributed by atoms with Crippen molar-refractivity contribution in [3.8, 4) is 44.5 Å². The Bertz CT molecular complexity index is 3120. The number of hydrogen-bond acceptors (Lipinski definition) is 2. The molecule has 0 saturated heterocycles. The molecule has 0 saturated carbocycles. The minimum Gasteiger partial charge on any atom is -0.0905 e. The molecule has 6 aliphatic rings. The summed E-state index contributed by atoms with van der Waals surface area (Å²) >= 11 is 4.00. The number of rotatable bonds is 0. The zero-order valence-corrected chi connectivity index (χ0v) is 33.4. The van der Waals surface area contributed by atoms with E-state index >= 15 is 0 Å². The largest absolute Gasteiger partial charge is 0.247 e. The Balaban J connectivity index is 1.02. The highest BCUT2D eigenvalue weighted by atomic mass is 32.2. The van der Waals surface area contributed by atoms with Crippen molar-refractivity contribution in [1.82, 2.24) is 0 Å². The Kier molecular flexibility index (Phi) is 5.84. The minimum absolute atomic E-state index is 0.128. The van der Waals surface area contributed by atoms with Crippen LogP contribution in [0.25, 0.3) is 44.5 Å². The van der Waals surface area contributed by atoms with Gasteiger partial charge in [-0.05, 0) is 95.5 Å². The van der Waals surface area contributed by atoms with Crippen LogP contribution in [0.3, 0.4) is 0 Å². The third kappa shape index (κ3) is 3.48. The van der Waals surface area contributed by atoms with Crippen molar-refractivity contribution in [3.63, 3.8) is 0 Å². The quantitative estimate of drug-likeness (QED) is 0.141. The van der Waals surface area contributed by atoms with Crippen LogP contribution in [0.5, 0.6) is 0 Å². The molecule has 59 heavy (non-hydrogen) atoms. The summed E-state index contributed by atoms with van der Waals surface area (Å²) < 4.78 is 0. The maximum Gasteiger partial charge on any atom is 0.247 e. The summed E-state index contributed by atoms with van der Waals surface area (Å²) in [5.74, 6) is 0. The van der Waals surface area contributed by atoms with Crippen molar-refractivity contribution in [1.29, 1.82) is 0 Å². The van der Waals surface area contributed by atoms with Gasteiger partial charge in [0.05, 0.1) is 10.8 Å². The number of hydrogen-bond donors (Lipinski definition) is 0. The molecule has 2 spiro atoms. The Morgan fingerprint density at radius 1 is 0.288 bits per heavy atom. The number of fused-ring (bicyclic) bond motifs is 26. The molecule has 2 heterocycles. The lowest BCUT2D eigenvalue weighted by Gasteiger charge is -2.36. The summed E-state index contributed by atoms with van der Waals surface area (Å²) in [6, 6.07) is 72.3. The van der Waals surface area contributed by atoms with Crippen molar-refractivity contribution in [3.05, 3.63) is 233 Å². The summed E-state index contributed by atoms with van der Waals surface area (Å²) in [7, 11) is 0. The molecule has 15 rings (SSSR count). The van der Waals surface area contributed by atoms with Gasteiger partial charge in [0.15, 0.2) is 0 Å². The van der Waals surface area contributed by atoms with Gasteiger partial charge in [-0.2, -0.15) is 0 Å². The summed E-state index contributed by atoms with van der Waals surface area (Å²) in [6.45, 7) is 0.128. The molecule has 0 N–H and O–H groups in total. The summed E-state index contributed by atoms with van der Waals surface area (Å²) in [5.41, 5.74) is 25.8. The van der Waals surface area contributed by atoms with E-state index in [4.69, 9.17) is 0 Å². The van der Waals surface area contributed by atoms with Crippen molar-refractivity contribution >= 4 is 46.6 Å². The molecular formula is C56H31BS2. The van der Waals surface area contributed by atoms with Gasteiger partial charge in [-0.15, -0.1) is 0 Å².